The summed E-state index contributed by atoms with van der Waals surface area (Å²) in [5, 5.41) is 20.2. The lowest BCUT2D eigenvalue weighted by atomic mass is 9.95. The number of nitrogens with one attached hydrogen (secondary N) is 1. The summed E-state index contributed by atoms with van der Waals surface area (Å²) in [4.78, 5) is 22.7. The van der Waals surface area contributed by atoms with Crippen LogP contribution in [0.1, 0.15) is 17.9 Å². The van der Waals surface area contributed by atoms with Crippen LogP contribution in [-0.4, -0.2) is 35.2 Å². The van der Waals surface area contributed by atoms with E-state index in [4.69, 9.17) is 5.11 Å². The van der Waals surface area contributed by atoms with Gasteiger partial charge in [0.1, 0.15) is 0 Å². The largest absolute Gasteiger partial charge is 0.481 e. The molecule has 0 spiro atoms. The van der Waals surface area contributed by atoms with Crippen LogP contribution in [0.2, 0.25) is 0 Å². The number of halogens is 1. The highest BCUT2D eigenvalue weighted by atomic mass is 79.9. The van der Waals surface area contributed by atoms with Gasteiger partial charge in [-0.05, 0) is 11.6 Å². The zero-order valence-electron chi connectivity index (χ0n) is 9.60. The zero-order valence-corrected chi connectivity index (χ0v) is 11.2. The molecule has 18 heavy (non-hydrogen) atoms. The summed E-state index contributed by atoms with van der Waals surface area (Å²) in [7, 11) is 0. The van der Waals surface area contributed by atoms with E-state index in [1.807, 2.05) is 0 Å². The lowest BCUT2D eigenvalue weighted by Crippen LogP contribution is -2.29. The van der Waals surface area contributed by atoms with Crippen molar-refractivity contribution in [3.05, 3.63) is 34.3 Å². The SMILES string of the molecule is O=C(CC(C(=O)O)c1ccccc1Br)NCCO. The molecule has 0 bridgehead atoms. The molecule has 0 aliphatic carbocycles. The smallest absolute Gasteiger partial charge is 0.311 e. The van der Waals surface area contributed by atoms with Gasteiger partial charge in [0.05, 0.1) is 12.5 Å². The van der Waals surface area contributed by atoms with Crippen LogP contribution in [-0.2, 0) is 9.59 Å². The van der Waals surface area contributed by atoms with Gasteiger partial charge in [0.15, 0.2) is 0 Å². The molecule has 3 N–H and O–H groups in total. The van der Waals surface area contributed by atoms with Crippen LogP contribution in [0.3, 0.4) is 0 Å². The Morgan fingerprint density at radius 2 is 2.00 bits per heavy atom. The number of benzene rings is 1. The molecule has 0 radical (unpaired) electrons. The number of aliphatic hydroxyl groups excluding tert-OH is 1. The maximum atomic E-state index is 11.5. The molecule has 5 nitrogen and oxygen atoms in total. The van der Waals surface area contributed by atoms with Crippen LogP contribution in [0.4, 0.5) is 0 Å². The summed E-state index contributed by atoms with van der Waals surface area (Å²) in [6, 6.07) is 6.90. The van der Waals surface area contributed by atoms with Gasteiger partial charge in [-0.2, -0.15) is 0 Å². The number of hydrogen-bond donors (Lipinski definition) is 3. The number of aliphatic hydroxyl groups is 1. The minimum absolute atomic E-state index is 0.126. The third-order valence-corrected chi connectivity index (χ3v) is 3.12. The van der Waals surface area contributed by atoms with Crippen molar-refractivity contribution < 1.29 is 19.8 Å². The quantitative estimate of drug-likeness (QED) is 0.734. The van der Waals surface area contributed by atoms with E-state index in [-0.39, 0.29) is 19.6 Å². The van der Waals surface area contributed by atoms with Crippen molar-refractivity contribution in [2.75, 3.05) is 13.2 Å². The van der Waals surface area contributed by atoms with Gasteiger partial charge in [-0.1, -0.05) is 34.1 Å². The van der Waals surface area contributed by atoms with Crippen LogP contribution in [0, 0.1) is 0 Å². The fraction of sp³-hybridized carbons (Fsp3) is 0.333. The second-order valence-corrected chi connectivity index (χ2v) is 4.54. The Morgan fingerprint density at radius 1 is 1.33 bits per heavy atom. The summed E-state index contributed by atoms with van der Waals surface area (Å²) in [6.07, 6.45) is -0.155. The molecular formula is C12H14BrNO4. The normalized spacial score (nSPS) is 11.9. The number of hydrogen-bond acceptors (Lipinski definition) is 3. The van der Waals surface area contributed by atoms with E-state index < -0.39 is 17.8 Å². The van der Waals surface area contributed by atoms with Gasteiger partial charge in [0.25, 0.3) is 0 Å². The van der Waals surface area contributed by atoms with Crippen LogP contribution >= 0.6 is 15.9 Å². The summed E-state index contributed by atoms with van der Waals surface area (Å²) in [6.45, 7) is -0.0420. The number of aliphatic carboxylic acids is 1. The predicted octanol–water partition coefficient (Wildman–Crippen LogP) is 1.12. The van der Waals surface area contributed by atoms with Crippen molar-refractivity contribution >= 4 is 27.8 Å². The van der Waals surface area contributed by atoms with Crippen LogP contribution in [0.25, 0.3) is 0 Å². The number of amides is 1. The minimum atomic E-state index is -1.05. The topological polar surface area (TPSA) is 86.6 Å². The Kier molecular flexibility index (Phi) is 5.80. The standard InChI is InChI=1S/C12H14BrNO4/c13-10-4-2-1-3-8(10)9(12(17)18)7-11(16)14-5-6-15/h1-4,9,15H,5-7H2,(H,14,16)(H,17,18). The Labute approximate surface area is 113 Å². The van der Waals surface area contributed by atoms with E-state index in [1.165, 1.54) is 0 Å². The lowest BCUT2D eigenvalue weighted by molar-refractivity contribution is -0.140. The van der Waals surface area contributed by atoms with Gasteiger partial charge < -0.3 is 15.5 Å². The summed E-state index contributed by atoms with van der Waals surface area (Å²) in [5.74, 6) is -2.35. The average molecular weight is 316 g/mol. The van der Waals surface area contributed by atoms with Crippen LogP contribution < -0.4 is 5.32 Å². The molecule has 0 fully saturated rings. The molecule has 0 saturated heterocycles. The third-order valence-electron chi connectivity index (χ3n) is 2.40. The monoisotopic (exact) mass is 315 g/mol. The predicted molar refractivity (Wildman–Crippen MR) is 69.2 cm³/mol. The molecule has 0 saturated carbocycles. The first-order valence-electron chi connectivity index (χ1n) is 5.41. The van der Waals surface area contributed by atoms with Gasteiger partial charge in [-0.25, -0.2) is 0 Å². The van der Waals surface area contributed by atoms with Crippen molar-refractivity contribution in [2.45, 2.75) is 12.3 Å². The summed E-state index contributed by atoms with van der Waals surface area (Å²) >= 11 is 3.27. The zero-order chi connectivity index (χ0) is 13.5. The van der Waals surface area contributed by atoms with Gasteiger partial charge >= 0.3 is 5.97 Å². The third kappa shape index (κ3) is 4.12. The fourth-order valence-corrected chi connectivity index (χ4v) is 2.10. The number of carboxylic acid groups (broad SMARTS) is 1. The first kappa shape index (κ1) is 14.7. The van der Waals surface area contributed by atoms with E-state index in [2.05, 4.69) is 21.2 Å². The number of rotatable bonds is 6. The average Bonchev–Trinajstić information content (AvgIpc) is 2.34. The minimum Gasteiger partial charge on any atom is -0.481 e. The molecule has 1 aromatic carbocycles. The van der Waals surface area contributed by atoms with Crippen LogP contribution in [0.15, 0.2) is 28.7 Å². The van der Waals surface area contributed by atoms with Crippen molar-refractivity contribution in [3.8, 4) is 0 Å². The van der Waals surface area contributed by atoms with Gasteiger partial charge in [-0.3, -0.25) is 9.59 Å². The molecule has 1 atom stereocenters. The van der Waals surface area contributed by atoms with Gasteiger partial charge in [0.2, 0.25) is 5.91 Å². The summed E-state index contributed by atoms with van der Waals surface area (Å²) < 4.78 is 0.660. The molecule has 1 unspecified atom stereocenters. The second kappa shape index (κ2) is 7.13. The molecule has 1 amide bonds. The van der Waals surface area contributed by atoms with Crippen molar-refractivity contribution in [1.29, 1.82) is 0 Å². The molecule has 1 rings (SSSR count). The van der Waals surface area contributed by atoms with Crippen LogP contribution in [0.5, 0.6) is 0 Å². The van der Waals surface area contributed by atoms with E-state index >= 15 is 0 Å². The Hall–Kier alpha value is -1.40. The Morgan fingerprint density at radius 3 is 2.56 bits per heavy atom. The number of carbonyl (C=O) groups excluding carboxylic acids is 1. The molecular weight excluding hydrogens is 302 g/mol. The van der Waals surface area contributed by atoms with Crippen molar-refractivity contribution in [3.63, 3.8) is 0 Å². The van der Waals surface area contributed by atoms with E-state index in [0.717, 1.165) is 0 Å². The molecule has 0 heterocycles. The molecule has 98 valence electrons. The maximum absolute atomic E-state index is 11.5. The second-order valence-electron chi connectivity index (χ2n) is 3.69. The highest BCUT2D eigenvalue weighted by Gasteiger charge is 2.24. The van der Waals surface area contributed by atoms with Crippen molar-refractivity contribution in [2.24, 2.45) is 0 Å². The highest BCUT2D eigenvalue weighted by molar-refractivity contribution is 9.10. The number of carbonyl (C=O) groups is 2. The van der Waals surface area contributed by atoms with E-state index in [1.54, 1.807) is 24.3 Å². The first-order valence-corrected chi connectivity index (χ1v) is 6.20. The fourth-order valence-electron chi connectivity index (χ4n) is 1.54. The summed E-state index contributed by atoms with van der Waals surface area (Å²) in [5.41, 5.74) is 0.559. The maximum Gasteiger partial charge on any atom is 0.311 e. The van der Waals surface area contributed by atoms with Gasteiger partial charge in [-0.15, -0.1) is 0 Å². The molecule has 1 aromatic rings. The van der Waals surface area contributed by atoms with Crippen molar-refractivity contribution in [1.82, 2.24) is 5.32 Å². The molecule has 0 aromatic heterocycles. The lowest BCUT2D eigenvalue weighted by Gasteiger charge is -2.14. The molecule has 0 aliphatic rings. The number of carboxylic acids is 1. The molecule has 6 heteroatoms. The van der Waals surface area contributed by atoms with Gasteiger partial charge in [0, 0.05) is 17.4 Å². The Balaban J connectivity index is 2.81. The highest BCUT2D eigenvalue weighted by Crippen LogP contribution is 2.27. The first-order chi connectivity index (χ1) is 8.56. The van der Waals surface area contributed by atoms with E-state index in [9.17, 15) is 14.7 Å². The Bertz CT molecular complexity index is 436. The van der Waals surface area contributed by atoms with E-state index in [0.29, 0.717) is 10.0 Å². The molecule has 0 aliphatic heterocycles.